The molecule has 0 bridgehead atoms. The monoisotopic (exact) mass is 323 g/mol. The molecule has 0 saturated carbocycles. The molecular formula is C22H29NO. The standard InChI is InChI=1S/C22H29NO/c1-23-17-8-7-12-21(23)16-18-24-22-13-6-5-11-20(22)15-14-19-9-3-2-4-10-19/h2-6,9-11,13,21H,7-8,12,14-18H2,1H3. The summed E-state index contributed by atoms with van der Waals surface area (Å²) in [7, 11) is 2.25. The molecule has 1 atom stereocenters. The predicted octanol–water partition coefficient (Wildman–Crippen LogP) is 4.73. The van der Waals surface area contributed by atoms with E-state index in [-0.39, 0.29) is 0 Å². The van der Waals surface area contributed by atoms with E-state index in [1.807, 2.05) is 0 Å². The van der Waals surface area contributed by atoms with Gasteiger partial charge in [0.15, 0.2) is 0 Å². The predicted molar refractivity (Wildman–Crippen MR) is 101 cm³/mol. The molecule has 0 amide bonds. The minimum absolute atomic E-state index is 0.690. The Labute approximate surface area is 146 Å². The second kappa shape index (κ2) is 8.89. The number of piperidine rings is 1. The summed E-state index contributed by atoms with van der Waals surface area (Å²) in [6.45, 7) is 2.05. The van der Waals surface area contributed by atoms with Crippen molar-refractivity contribution in [1.29, 1.82) is 0 Å². The Balaban J connectivity index is 1.52. The van der Waals surface area contributed by atoms with Gasteiger partial charge >= 0.3 is 0 Å². The molecule has 24 heavy (non-hydrogen) atoms. The Hall–Kier alpha value is -1.80. The van der Waals surface area contributed by atoms with Crippen LogP contribution in [0.15, 0.2) is 54.6 Å². The van der Waals surface area contributed by atoms with Crippen molar-refractivity contribution >= 4 is 0 Å². The third-order valence-electron chi connectivity index (χ3n) is 5.13. The number of nitrogens with zero attached hydrogens (tertiary/aromatic N) is 1. The Kier molecular flexibility index (Phi) is 6.31. The van der Waals surface area contributed by atoms with Crippen LogP contribution in [0.25, 0.3) is 0 Å². The first-order valence-electron chi connectivity index (χ1n) is 9.28. The van der Waals surface area contributed by atoms with Gasteiger partial charge < -0.3 is 9.64 Å². The number of hydrogen-bond acceptors (Lipinski definition) is 2. The lowest BCUT2D eigenvalue weighted by Crippen LogP contribution is -2.37. The SMILES string of the molecule is CN1CCCCC1CCOc1ccccc1CCc1ccccc1. The summed E-state index contributed by atoms with van der Waals surface area (Å²) in [5.41, 5.74) is 2.70. The van der Waals surface area contributed by atoms with Crippen molar-refractivity contribution in [2.24, 2.45) is 0 Å². The second-order valence-electron chi connectivity index (χ2n) is 6.86. The van der Waals surface area contributed by atoms with Crippen molar-refractivity contribution < 1.29 is 4.74 Å². The lowest BCUT2D eigenvalue weighted by molar-refractivity contribution is 0.153. The number of benzene rings is 2. The summed E-state index contributed by atoms with van der Waals surface area (Å²) in [4.78, 5) is 2.49. The maximum atomic E-state index is 6.15. The van der Waals surface area contributed by atoms with Gasteiger partial charge in [0.05, 0.1) is 6.61 Å². The molecule has 1 saturated heterocycles. The van der Waals surface area contributed by atoms with Crippen molar-refractivity contribution in [3.63, 3.8) is 0 Å². The second-order valence-corrected chi connectivity index (χ2v) is 6.86. The molecule has 2 nitrogen and oxygen atoms in total. The quantitative estimate of drug-likeness (QED) is 0.730. The summed E-state index contributed by atoms with van der Waals surface area (Å²) >= 11 is 0. The van der Waals surface area contributed by atoms with E-state index in [0.717, 1.165) is 31.6 Å². The highest BCUT2D eigenvalue weighted by Gasteiger charge is 2.18. The first-order chi connectivity index (χ1) is 11.8. The van der Waals surface area contributed by atoms with Gasteiger partial charge in [-0.1, -0.05) is 55.0 Å². The van der Waals surface area contributed by atoms with Crippen molar-refractivity contribution in [1.82, 2.24) is 4.90 Å². The van der Waals surface area contributed by atoms with E-state index in [1.165, 1.54) is 36.9 Å². The van der Waals surface area contributed by atoms with Crippen LogP contribution in [-0.2, 0) is 12.8 Å². The number of hydrogen-bond donors (Lipinski definition) is 0. The largest absolute Gasteiger partial charge is 0.493 e. The van der Waals surface area contributed by atoms with Crippen LogP contribution in [-0.4, -0.2) is 31.1 Å². The molecule has 1 unspecified atom stereocenters. The van der Waals surface area contributed by atoms with E-state index in [0.29, 0.717) is 6.04 Å². The maximum absolute atomic E-state index is 6.15. The zero-order valence-corrected chi connectivity index (χ0v) is 14.8. The van der Waals surface area contributed by atoms with Crippen LogP contribution in [0.2, 0.25) is 0 Å². The molecule has 0 aromatic heterocycles. The van der Waals surface area contributed by atoms with Crippen molar-refractivity contribution in [2.75, 3.05) is 20.2 Å². The molecular weight excluding hydrogens is 294 g/mol. The molecule has 0 spiro atoms. The summed E-state index contributed by atoms with van der Waals surface area (Å²) in [5.74, 6) is 1.06. The third kappa shape index (κ3) is 4.85. The van der Waals surface area contributed by atoms with E-state index in [9.17, 15) is 0 Å². The highest BCUT2D eigenvalue weighted by atomic mass is 16.5. The van der Waals surface area contributed by atoms with E-state index in [2.05, 4.69) is 66.5 Å². The minimum Gasteiger partial charge on any atom is -0.493 e. The molecule has 2 aromatic carbocycles. The Morgan fingerprint density at radius 2 is 1.75 bits per heavy atom. The van der Waals surface area contributed by atoms with Crippen LogP contribution in [0, 0.1) is 0 Å². The van der Waals surface area contributed by atoms with Crippen LogP contribution >= 0.6 is 0 Å². The molecule has 3 rings (SSSR count). The van der Waals surface area contributed by atoms with Crippen LogP contribution in [0.4, 0.5) is 0 Å². The third-order valence-corrected chi connectivity index (χ3v) is 5.13. The highest BCUT2D eigenvalue weighted by Crippen LogP contribution is 2.22. The van der Waals surface area contributed by atoms with Gasteiger partial charge in [0, 0.05) is 6.04 Å². The molecule has 0 radical (unpaired) electrons. The normalized spacial score (nSPS) is 18.5. The molecule has 2 aromatic rings. The van der Waals surface area contributed by atoms with Gasteiger partial charge in [-0.2, -0.15) is 0 Å². The Morgan fingerprint density at radius 3 is 2.58 bits per heavy atom. The average molecular weight is 323 g/mol. The van der Waals surface area contributed by atoms with Gasteiger partial charge in [-0.15, -0.1) is 0 Å². The molecule has 2 heteroatoms. The number of ether oxygens (including phenoxy) is 1. The highest BCUT2D eigenvalue weighted by molar-refractivity contribution is 5.34. The van der Waals surface area contributed by atoms with Crippen molar-refractivity contribution in [3.8, 4) is 5.75 Å². The fourth-order valence-electron chi connectivity index (χ4n) is 3.59. The molecule has 1 fully saturated rings. The van der Waals surface area contributed by atoms with Gasteiger partial charge in [-0.3, -0.25) is 0 Å². The molecule has 128 valence electrons. The molecule has 1 heterocycles. The van der Waals surface area contributed by atoms with E-state index in [4.69, 9.17) is 4.74 Å². The lowest BCUT2D eigenvalue weighted by Gasteiger charge is -2.32. The zero-order chi connectivity index (χ0) is 16.6. The fraction of sp³-hybridized carbons (Fsp3) is 0.455. The van der Waals surface area contributed by atoms with E-state index in [1.54, 1.807) is 0 Å². The fourth-order valence-corrected chi connectivity index (χ4v) is 3.59. The van der Waals surface area contributed by atoms with Gasteiger partial charge in [0.1, 0.15) is 5.75 Å². The van der Waals surface area contributed by atoms with E-state index >= 15 is 0 Å². The molecule has 1 aliphatic heterocycles. The summed E-state index contributed by atoms with van der Waals surface area (Å²) in [6, 6.07) is 19.9. The van der Waals surface area contributed by atoms with Gasteiger partial charge in [-0.25, -0.2) is 0 Å². The van der Waals surface area contributed by atoms with Crippen LogP contribution in [0.1, 0.15) is 36.8 Å². The number of aryl methyl sites for hydroxylation is 2. The molecule has 0 aliphatic carbocycles. The number of para-hydroxylation sites is 1. The van der Waals surface area contributed by atoms with Crippen molar-refractivity contribution in [3.05, 3.63) is 65.7 Å². The van der Waals surface area contributed by atoms with Crippen LogP contribution in [0.5, 0.6) is 5.75 Å². The average Bonchev–Trinajstić information content (AvgIpc) is 2.63. The minimum atomic E-state index is 0.690. The van der Waals surface area contributed by atoms with Gasteiger partial charge in [0.25, 0.3) is 0 Å². The summed E-state index contributed by atoms with van der Waals surface area (Å²) in [6.07, 6.45) is 7.24. The lowest BCUT2D eigenvalue weighted by atomic mass is 10.0. The number of rotatable bonds is 7. The first kappa shape index (κ1) is 17.0. The Bertz CT molecular complexity index is 610. The summed E-state index contributed by atoms with van der Waals surface area (Å²) < 4.78 is 6.15. The van der Waals surface area contributed by atoms with E-state index < -0.39 is 0 Å². The van der Waals surface area contributed by atoms with Crippen molar-refractivity contribution in [2.45, 2.75) is 44.6 Å². The van der Waals surface area contributed by atoms with Crippen LogP contribution < -0.4 is 4.74 Å². The summed E-state index contributed by atoms with van der Waals surface area (Å²) in [5, 5.41) is 0. The number of likely N-dealkylation sites (tertiary alicyclic amines) is 1. The maximum Gasteiger partial charge on any atom is 0.122 e. The smallest absolute Gasteiger partial charge is 0.122 e. The molecule has 1 aliphatic rings. The zero-order valence-electron chi connectivity index (χ0n) is 14.8. The van der Waals surface area contributed by atoms with Gasteiger partial charge in [-0.05, 0) is 62.9 Å². The first-order valence-corrected chi connectivity index (χ1v) is 9.28. The van der Waals surface area contributed by atoms with Gasteiger partial charge in [0.2, 0.25) is 0 Å². The van der Waals surface area contributed by atoms with Crippen LogP contribution in [0.3, 0.4) is 0 Å². The Morgan fingerprint density at radius 1 is 0.958 bits per heavy atom. The topological polar surface area (TPSA) is 12.5 Å². The molecule has 0 N–H and O–H groups in total.